The van der Waals surface area contributed by atoms with E-state index in [-0.39, 0.29) is 0 Å². The Labute approximate surface area is 84.1 Å². The van der Waals surface area contributed by atoms with Crippen LogP contribution < -0.4 is 0 Å². The lowest BCUT2D eigenvalue weighted by Gasteiger charge is -2.06. The Kier molecular flexibility index (Phi) is 6.67. The van der Waals surface area contributed by atoms with Gasteiger partial charge < -0.3 is 0 Å². The molecule has 0 fully saturated rings. The normalized spacial score (nSPS) is 14.2. The van der Waals surface area contributed by atoms with Crippen LogP contribution in [0, 0.1) is 5.92 Å². The van der Waals surface area contributed by atoms with Crippen molar-refractivity contribution in [3.63, 3.8) is 0 Å². The van der Waals surface area contributed by atoms with Gasteiger partial charge in [-0.2, -0.15) is 0 Å². The zero-order valence-corrected chi connectivity index (χ0v) is 10.1. The molecule has 0 aromatic carbocycles. The Morgan fingerprint density at radius 3 is 2.08 bits per heavy atom. The molecule has 0 aliphatic heterocycles. The van der Waals surface area contributed by atoms with Crippen LogP contribution in [0.25, 0.3) is 0 Å². The minimum atomic E-state index is 0.530. The van der Waals surface area contributed by atoms with Gasteiger partial charge in [-0.1, -0.05) is 19.9 Å². The van der Waals surface area contributed by atoms with E-state index in [2.05, 4.69) is 31.4 Å². The summed E-state index contributed by atoms with van der Waals surface area (Å²) in [6.45, 7) is 6.36. The second kappa shape index (κ2) is 6.61. The van der Waals surface area contributed by atoms with Crippen molar-refractivity contribution in [2.75, 3.05) is 12.5 Å². The molecular formula is C9H17NS2. The van der Waals surface area contributed by atoms with Crippen molar-refractivity contribution in [1.29, 1.82) is 0 Å². The van der Waals surface area contributed by atoms with Crippen LogP contribution in [0.1, 0.15) is 20.8 Å². The van der Waals surface area contributed by atoms with Crippen molar-refractivity contribution in [2.45, 2.75) is 20.8 Å². The summed E-state index contributed by atoms with van der Waals surface area (Å²) in [5, 5.41) is 2.31. The summed E-state index contributed by atoms with van der Waals surface area (Å²) >= 11 is 3.42. The van der Waals surface area contributed by atoms with Gasteiger partial charge in [0.05, 0.1) is 10.1 Å². The van der Waals surface area contributed by atoms with Crippen LogP contribution in [0.2, 0.25) is 0 Å². The molecule has 0 aliphatic carbocycles. The summed E-state index contributed by atoms with van der Waals surface area (Å²) in [5.74, 6) is 0.530. The van der Waals surface area contributed by atoms with Gasteiger partial charge in [0.1, 0.15) is 0 Å². The predicted molar refractivity (Wildman–Crippen MR) is 63.1 cm³/mol. The third-order valence-electron chi connectivity index (χ3n) is 1.38. The summed E-state index contributed by atoms with van der Waals surface area (Å²) in [5.41, 5.74) is 0. The molecule has 0 N–H and O–H groups in total. The Morgan fingerprint density at radius 1 is 1.25 bits per heavy atom. The topological polar surface area (TPSA) is 12.4 Å². The minimum Gasteiger partial charge on any atom is -0.240 e. The molecule has 0 radical (unpaired) electrons. The van der Waals surface area contributed by atoms with Gasteiger partial charge in [0.25, 0.3) is 0 Å². The zero-order valence-electron chi connectivity index (χ0n) is 8.42. The van der Waals surface area contributed by atoms with Crippen LogP contribution in [0.4, 0.5) is 0 Å². The van der Waals surface area contributed by atoms with E-state index in [0.29, 0.717) is 5.92 Å². The van der Waals surface area contributed by atoms with Crippen molar-refractivity contribution >= 4 is 28.6 Å². The maximum Gasteiger partial charge on any atom is 0.0924 e. The van der Waals surface area contributed by atoms with Crippen molar-refractivity contribution in [1.82, 2.24) is 0 Å². The van der Waals surface area contributed by atoms with Gasteiger partial charge in [-0.05, 0) is 19.4 Å². The average molecular weight is 203 g/mol. The number of rotatable bonds is 3. The molecule has 0 aromatic heterocycles. The van der Waals surface area contributed by atoms with Gasteiger partial charge in [0.2, 0.25) is 0 Å². The molecule has 0 saturated carbocycles. The molecule has 0 rings (SSSR count). The molecule has 0 heterocycles. The summed E-state index contributed by atoms with van der Waals surface area (Å²) in [6, 6.07) is 0. The molecule has 12 heavy (non-hydrogen) atoms. The Balaban J connectivity index is 4.47. The van der Waals surface area contributed by atoms with Crippen LogP contribution in [0.5, 0.6) is 0 Å². The molecule has 1 nitrogen and oxygen atoms in total. The Hall–Kier alpha value is 0.110. The smallest absolute Gasteiger partial charge is 0.0924 e. The zero-order chi connectivity index (χ0) is 9.56. The van der Waals surface area contributed by atoms with Gasteiger partial charge in [0, 0.05) is 5.92 Å². The van der Waals surface area contributed by atoms with E-state index in [1.807, 2.05) is 13.0 Å². The molecule has 0 aliphatic rings. The van der Waals surface area contributed by atoms with Gasteiger partial charge in [-0.25, -0.2) is 4.99 Å². The lowest BCUT2D eigenvalue weighted by atomic mass is 10.2. The van der Waals surface area contributed by atoms with E-state index >= 15 is 0 Å². The molecule has 0 saturated heterocycles. The quantitative estimate of drug-likeness (QED) is 0.513. The first-order valence-corrected chi connectivity index (χ1v) is 6.43. The predicted octanol–water partition coefficient (Wildman–Crippen LogP) is 3.63. The molecule has 0 spiro atoms. The first kappa shape index (κ1) is 12.1. The fraction of sp³-hybridized carbons (Fsp3) is 0.667. The molecular weight excluding hydrogens is 186 g/mol. The summed E-state index contributed by atoms with van der Waals surface area (Å²) in [4.78, 5) is 4.53. The van der Waals surface area contributed by atoms with Crippen LogP contribution in [0.15, 0.2) is 16.1 Å². The molecule has 0 bridgehead atoms. The molecule has 70 valence electrons. The molecule has 0 aromatic rings. The monoisotopic (exact) mass is 203 g/mol. The number of hydrogen-bond acceptors (Lipinski definition) is 3. The van der Waals surface area contributed by atoms with Crippen LogP contribution >= 0.6 is 23.5 Å². The lowest BCUT2D eigenvalue weighted by Crippen LogP contribution is -2.01. The number of hydrogen-bond donors (Lipinski definition) is 0. The summed E-state index contributed by atoms with van der Waals surface area (Å²) < 4.78 is 0. The fourth-order valence-electron chi connectivity index (χ4n) is 0.747. The van der Waals surface area contributed by atoms with E-state index in [0.717, 1.165) is 5.03 Å². The number of thioether (sulfide) groups is 2. The van der Waals surface area contributed by atoms with E-state index in [4.69, 9.17) is 0 Å². The van der Waals surface area contributed by atoms with Gasteiger partial charge >= 0.3 is 0 Å². The lowest BCUT2D eigenvalue weighted by molar-refractivity contribution is 0.900. The molecule has 0 amide bonds. The van der Waals surface area contributed by atoms with Gasteiger partial charge in [-0.15, -0.1) is 23.5 Å². The van der Waals surface area contributed by atoms with Crippen LogP contribution in [0.3, 0.4) is 0 Å². The highest BCUT2D eigenvalue weighted by atomic mass is 32.2. The van der Waals surface area contributed by atoms with Crippen LogP contribution in [-0.4, -0.2) is 17.6 Å². The maximum absolute atomic E-state index is 4.53. The Bertz CT molecular complexity index is 183. The van der Waals surface area contributed by atoms with Crippen molar-refractivity contribution < 1.29 is 0 Å². The SMILES string of the molecule is C/C=C(\N=C(/SC)C(C)C)SC. The van der Waals surface area contributed by atoms with E-state index < -0.39 is 0 Å². The standard InChI is InChI=1S/C9H17NS2/c1-6-8(11-4)10-9(12-5)7(2)3/h6-7H,1-5H3/b8-6+,10-9-. The first-order chi connectivity index (χ1) is 5.65. The Morgan fingerprint density at radius 2 is 1.83 bits per heavy atom. The highest BCUT2D eigenvalue weighted by Crippen LogP contribution is 2.18. The van der Waals surface area contributed by atoms with E-state index in [1.54, 1.807) is 23.5 Å². The van der Waals surface area contributed by atoms with Crippen LogP contribution in [-0.2, 0) is 0 Å². The number of allylic oxidation sites excluding steroid dienone is 1. The third-order valence-corrected chi connectivity index (χ3v) is 3.11. The second-order valence-electron chi connectivity index (χ2n) is 2.64. The highest BCUT2D eigenvalue weighted by Gasteiger charge is 2.03. The minimum absolute atomic E-state index is 0.530. The molecule has 0 atom stereocenters. The van der Waals surface area contributed by atoms with E-state index in [9.17, 15) is 0 Å². The highest BCUT2D eigenvalue weighted by molar-refractivity contribution is 8.13. The molecule has 0 unspecified atom stereocenters. The van der Waals surface area contributed by atoms with Gasteiger partial charge in [0.15, 0.2) is 0 Å². The van der Waals surface area contributed by atoms with Crippen molar-refractivity contribution in [2.24, 2.45) is 10.9 Å². The van der Waals surface area contributed by atoms with Gasteiger partial charge in [-0.3, -0.25) is 0 Å². The fourth-order valence-corrected chi connectivity index (χ4v) is 1.89. The third kappa shape index (κ3) is 4.21. The summed E-state index contributed by atoms with van der Waals surface area (Å²) in [7, 11) is 0. The number of aliphatic imine (C=N–C) groups is 1. The average Bonchev–Trinajstić information content (AvgIpc) is 2.06. The second-order valence-corrected chi connectivity index (χ2v) is 4.29. The van der Waals surface area contributed by atoms with Crippen molar-refractivity contribution in [3.05, 3.63) is 11.1 Å². The van der Waals surface area contributed by atoms with E-state index in [1.165, 1.54) is 5.04 Å². The van der Waals surface area contributed by atoms with Crippen molar-refractivity contribution in [3.8, 4) is 0 Å². The maximum atomic E-state index is 4.53. The molecule has 3 heteroatoms. The number of nitrogens with zero attached hydrogens (tertiary/aromatic N) is 1. The largest absolute Gasteiger partial charge is 0.240 e. The first-order valence-electron chi connectivity index (χ1n) is 3.98. The summed E-state index contributed by atoms with van der Waals surface area (Å²) in [6.07, 6.45) is 6.17.